The highest BCUT2D eigenvalue weighted by molar-refractivity contribution is 6.63. The largest absolute Gasteiger partial charge is 1.00 e. The smallest absolute Gasteiger partial charge is 0.317 e. The zero-order valence-corrected chi connectivity index (χ0v) is 15.2. The van der Waals surface area contributed by atoms with Crippen molar-refractivity contribution in [3.05, 3.63) is 71.8 Å². The molecule has 136 valence electrons. The average molecular weight is 385 g/mol. The minimum Gasteiger partial charge on any atom is -1.00 e. The summed E-state index contributed by atoms with van der Waals surface area (Å²) in [6, 6.07) is 19.7. The van der Waals surface area contributed by atoms with E-state index in [9.17, 15) is 9.59 Å². The van der Waals surface area contributed by atoms with Crippen LogP contribution in [0, 0.1) is 0 Å². The summed E-state index contributed by atoms with van der Waals surface area (Å²) in [5, 5.41) is 12.7. The number of nitrogens with one attached hydrogen (secondary N) is 1. The molecule has 2 aromatic rings. The SMILES string of the molecule is O=C(Cl)C[NH2+]Cc1ccccc1.O=C(O)CNCc1ccccc1.[Cl-]. The van der Waals surface area contributed by atoms with Crippen molar-refractivity contribution in [2.75, 3.05) is 13.1 Å². The monoisotopic (exact) mass is 384 g/mol. The van der Waals surface area contributed by atoms with Gasteiger partial charge in [0, 0.05) is 12.1 Å². The zero-order valence-electron chi connectivity index (χ0n) is 13.7. The Labute approximate surface area is 158 Å². The van der Waals surface area contributed by atoms with E-state index < -0.39 is 5.97 Å². The first kappa shape index (κ1) is 23.1. The van der Waals surface area contributed by atoms with Crippen LogP contribution in [0.3, 0.4) is 0 Å². The second-order valence-electron chi connectivity index (χ2n) is 5.02. The highest BCUT2D eigenvalue weighted by Crippen LogP contribution is 1.96. The molecule has 7 heteroatoms. The van der Waals surface area contributed by atoms with Crippen LogP contribution in [-0.4, -0.2) is 29.4 Å². The first-order chi connectivity index (χ1) is 11.6. The van der Waals surface area contributed by atoms with E-state index in [-0.39, 0.29) is 24.2 Å². The van der Waals surface area contributed by atoms with E-state index in [4.69, 9.17) is 16.7 Å². The number of halogens is 2. The standard InChI is InChI=1S/C9H10ClNO.C9H11NO2.ClH/c10-9(12)7-11-6-8-4-2-1-3-5-8;11-9(12)7-10-6-8-4-2-1-3-5-8;/h1-5,11H,6-7H2;1-5,10H,6-7H2,(H,11,12);1H. The van der Waals surface area contributed by atoms with Crippen molar-refractivity contribution in [1.82, 2.24) is 5.32 Å². The molecule has 0 saturated heterocycles. The second-order valence-corrected chi connectivity index (χ2v) is 5.44. The van der Waals surface area contributed by atoms with Crippen molar-refractivity contribution in [3.63, 3.8) is 0 Å². The summed E-state index contributed by atoms with van der Waals surface area (Å²) < 4.78 is 0. The van der Waals surface area contributed by atoms with Gasteiger partial charge in [0.25, 0.3) is 5.24 Å². The van der Waals surface area contributed by atoms with Crippen LogP contribution in [0.25, 0.3) is 0 Å². The van der Waals surface area contributed by atoms with Crippen LogP contribution >= 0.6 is 11.6 Å². The first-order valence-corrected chi connectivity index (χ1v) is 7.96. The molecule has 0 aliphatic carbocycles. The number of benzene rings is 2. The van der Waals surface area contributed by atoms with Crippen LogP contribution in [0.1, 0.15) is 11.1 Å². The van der Waals surface area contributed by atoms with Gasteiger partial charge < -0.3 is 28.1 Å². The molecule has 0 fully saturated rings. The van der Waals surface area contributed by atoms with Crippen LogP contribution in [0.5, 0.6) is 0 Å². The number of hydrogen-bond donors (Lipinski definition) is 3. The Balaban J connectivity index is 0.000000443. The van der Waals surface area contributed by atoms with Gasteiger partial charge in [-0.25, -0.2) is 0 Å². The third-order valence-corrected chi connectivity index (χ3v) is 3.13. The van der Waals surface area contributed by atoms with E-state index in [1.54, 1.807) is 0 Å². The number of aliphatic carboxylic acids is 1. The molecule has 2 aromatic carbocycles. The molecule has 0 heterocycles. The Morgan fingerprint density at radius 3 is 1.96 bits per heavy atom. The predicted molar refractivity (Wildman–Crippen MR) is 93.6 cm³/mol. The Morgan fingerprint density at radius 2 is 1.48 bits per heavy atom. The van der Waals surface area contributed by atoms with Gasteiger partial charge in [0.05, 0.1) is 6.54 Å². The minimum atomic E-state index is -0.828. The van der Waals surface area contributed by atoms with Crippen molar-refractivity contribution in [3.8, 4) is 0 Å². The van der Waals surface area contributed by atoms with Crippen LogP contribution in [0.4, 0.5) is 0 Å². The summed E-state index contributed by atoms with van der Waals surface area (Å²) in [4.78, 5) is 20.5. The number of hydrogen-bond acceptors (Lipinski definition) is 3. The van der Waals surface area contributed by atoms with Crippen molar-refractivity contribution >= 4 is 22.8 Å². The lowest BCUT2D eigenvalue weighted by Gasteiger charge is -2.00. The van der Waals surface area contributed by atoms with E-state index in [1.165, 1.54) is 5.56 Å². The van der Waals surface area contributed by atoms with Crippen molar-refractivity contribution in [2.45, 2.75) is 13.1 Å². The third-order valence-electron chi connectivity index (χ3n) is 2.98. The lowest BCUT2D eigenvalue weighted by atomic mass is 10.2. The fraction of sp³-hybridized carbons (Fsp3) is 0.222. The molecule has 2 rings (SSSR count). The molecule has 0 spiro atoms. The lowest BCUT2D eigenvalue weighted by Crippen LogP contribution is -3.00. The molecule has 5 nitrogen and oxygen atoms in total. The maximum Gasteiger partial charge on any atom is 0.317 e. The molecular weight excluding hydrogens is 363 g/mol. The maximum atomic E-state index is 10.4. The Kier molecular flexibility index (Phi) is 13.3. The zero-order chi connectivity index (χ0) is 17.6. The number of rotatable bonds is 8. The summed E-state index contributed by atoms with van der Waals surface area (Å²) in [7, 11) is 0. The fourth-order valence-electron chi connectivity index (χ4n) is 1.88. The summed E-state index contributed by atoms with van der Waals surface area (Å²) in [6.45, 7) is 1.76. The van der Waals surface area contributed by atoms with Gasteiger partial charge in [0.2, 0.25) is 0 Å². The predicted octanol–water partition coefficient (Wildman–Crippen LogP) is -1.62. The van der Waals surface area contributed by atoms with Crippen molar-refractivity contribution in [2.24, 2.45) is 0 Å². The number of carboxylic acids is 1. The molecule has 0 bridgehead atoms. The first-order valence-electron chi connectivity index (χ1n) is 7.58. The van der Waals surface area contributed by atoms with Gasteiger partial charge in [0.15, 0.2) is 6.54 Å². The molecular formula is C18H22Cl2N2O3. The molecule has 0 radical (unpaired) electrons. The lowest BCUT2D eigenvalue weighted by molar-refractivity contribution is -0.659. The summed E-state index contributed by atoms with van der Waals surface area (Å²) in [5.41, 5.74) is 2.30. The Bertz CT molecular complexity index is 555. The molecule has 0 atom stereocenters. The summed E-state index contributed by atoms with van der Waals surface area (Å²) >= 11 is 5.17. The Hall–Kier alpha value is -1.92. The van der Waals surface area contributed by atoms with E-state index in [1.807, 2.05) is 66.0 Å². The van der Waals surface area contributed by atoms with Gasteiger partial charge in [-0.15, -0.1) is 0 Å². The van der Waals surface area contributed by atoms with E-state index >= 15 is 0 Å². The summed E-state index contributed by atoms with van der Waals surface area (Å²) in [6.07, 6.45) is 0. The molecule has 0 aromatic heterocycles. The highest BCUT2D eigenvalue weighted by atomic mass is 35.5. The van der Waals surface area contributed by atoms with Crippen molar-refractivity contribution in [1.29, 1.82) is 0 Å². The minimum absolute atomic E-state index is 0. The van der Waals surface area contributed by atoms with E-state index in [2.05, 4.69) is 5.32 Å². The van der Waals surface area contributed by atoms with Crippen LogP contribution in [0.15, 0.2) is 60.7 Å². The Morgan fingerprint density at radius 1 is 0.960 bits per heavy atom. The maximum absolute atomic E-state index is 10.4. The van der Waals surface area contributed by atoms with Gasteiger partial charge >= 0.3 is 5.97 Å². The molecule has 0 saturated carbocycles. The number of carboxylic acid groups (broad SMARTS) is 1. The number of nitrogens with two attached hydrogens (primary N) is 1. The number of carbonyl (C=O) groups excluding carboxylic acids is 1. The molecule has 0 amide bonds. The van der Waals surface area contributed by atoms with E-state index in [0.29, 0.717) is 13.1 Å². The van der Waals surface area contributed by atoms with Gasteiger partial charge in [0.1, 0.15) is 6.54 Å². The fourth-order valence-corrected chi connectivity index (χ4v) is 1.99. The quantitative estimate of drug-likeness (QED) is 0.477. The molecule has 4 N–H and O–H groups in total. The normalized spacial score (nSPS) is 9.32. The van der Waals surface area contributed by atoms with Crippen LogP contribution in [0.2, 0.25) is 0 Å². The third kappa shape index (κ3) is 13.1. The highest BCUT2D eigenvalue weighted by Gasteiger charge is 1.98. The van der Waals surface area contributed by atoms with E-state index in [0.717, 1.165) is 12.1 Å². The van der Waals surface area contributed by atoms with Gasteiger partial charge in [-0.1, -0.05) is 60.7 Å². The van der Waals surface area contributed by atoms with Gasteiger partial charge in [-0.05, 0) is 17.2 Å². The molecule has 0 unspecified atom stereocenters. The molecule has 25 heavy (non-hydrogen) atoms. The number of quaternary nitrogens is 1. The van der Waals surface area contributed by atoms with Gasteiger partial charge in [-0.3, -0.25) is 9.59 Å². The van der Waals surface area contributed by atoms with Crippen molar-refractivity contribution < 1.29 is 32.4 Å². The summed E-state index contributed by atoms with van der Waals surface area (Å²) in [5.74, 6) is -0.828. The van der Waals surface area contributed by atoms with Crippen LogP contribution < -0.4 is 23.0 Å². The molecule has 0 aliphatic rings. The van der Waals surface area contributed by atoms with Crippen LogP contribution in [-0.2, 0) is 22.7 Å². The van der Waals surface area contributed by atoms with Gasteiger partial charge in [-0.2, -0.15) is 0 Å². The average Bonchev–Trinajstić information content (AvgIpc) is 2.57. The topological polar surface area (TPSA) is 83.0 Å². The molecule has 0 aliphatic heterocycles. The second kappa shape index (κ2) is 14.4. The number of carbonyl (C=O) groups is 2.